The van der Waals surface area contributed by atoms with Crippen LogP contribution in [0.25, 0.3) is 0 Å². The number of halogens is 2. The minimum Gasteiger partial charge on any atom is -0.362 e. The lowest BCUT2D eigenvalue weighted by Gasteiger charge is -2.11. The van der Waals surface area contributed by atoms with Crippen LogP contribution in [0.5, 0.6) is 0 Å². The SMILES string of the molecule is CO[C@@H](Cl)[C@H](Cl)OC. The average molecular weight is 159 g/mol. The van der Waals surface area contributed by atoms with Gasteiger partial charge in [0.2, 0.25) is 0 Å². The second-order valence-corrected chi connectivity index (χ2v) is 2.03. The molecule has 4 heteroatoms. The summed E-state index contributed by atoms with van der Waals surface area (Å²) in [5, 5.41) is 0. The Morgan fingerprint density at radius 3 is 1.38 bits per heavy atom. The van der Waals surface area contributed by atoms with Crippen LogP contribution in [-0.4, -0.2) is 25.3 Å². The first-order valence-corrected chi connectivity index (χ1v) is 2.93. The van der Waals surface area contributed by atoms with Gasteiger partial charge in [0, 0.05) is 14.2 Å². The average Bonchev–Trinajstić information content (AvgIpc) is 1.84. The summed E-state index contributed by atoms with van der Waals surface area (Å²) in [6.07, 6.45) is 0. The van der Waals surface area contributed by atoms with Crippen LogP contribution in [-0.2, 0) is 9.47 Å². The van der Waals surface area contributed by atoms with Gasteiger partial charge in [0.15, 0.2) is 11.1 Å². The molecule has 50 valence electrons. The van der Waals surface area contributed by atoms with E-state index in [1.165, 1.54) is 14.2 Å². The molecule has 0 aliphatic rings. The van der Waals surface area contributed by atoms with Crippen LogP contribution in [0.1, 0.15) is 0 Å². The third-order valence-corrected chi connectivity index (χ3v) is 1.60. The van der Waals surface area contributed by atoms with E-state index >= 15 is 0 Å². The van der Waals surface area contributed by atoms with E-state index in [-0.39, 0.29) is 0 Å². The van der Waals surface area contributed by atoms with E-state index in [9.17, 15) is 0 Å². The van der Waals surface area contributed by atoms with Crippen molar-refractivity contribution in [3.63, 3.8) is 0 Å². The highest BCUT2D eigenvalue weighted by molar-refractivity contribution is 6.28. The van der Waals surface area contributed by atoms with Crippen LogP contribution in [0.4, 0.5) is 0 Å². The van der Waals surface area contributed by atoms with Crippen molar-refractivity contribution in [3.05, 3.63) is 0 Å². The van der Waals surface area contributed by atoms with Gasteiger partial charge in [0.1, 0.15) is 0 Å². The van der Waals surface area contributed by atoms with Crippen molar-refractivity contribution >= 4 is 23.2 Å². The molecule has 0 aromatic heterocycles. The Bertz CT molecular complexity index is 52.0. The van der Waals surface area contributed by atoms with E-state index in [2.05, 4.69) is 9.47 Å². The minimum absolute atomic E-state index is 0.568. The summed E-state index contributed by atoms with van der Waals surface area (Å²) in [7, 11) is 2.93. The second kappa shape index (κ2) is 4.39. The Kier molecular flexibility index (Phi) is 4.66. The molecule has 0 saturated heterocycles. The van der Waals surface area contributed by atoms with E-state index in [1.807, 2.05) is 0 Å². The highest BCUT2D eigenvalue weighted by atomic mass is 35.5. The molecular formula is C4H8Cl2O2. The van der Waals surface area contributed by atoms with Gasteiger partial charge >= 0.3 is 0 Å². The maximum absolute atomic E-state index is 5.44. The number of alkyl halides is 2. The fourth-order valence-electron chi connectivity index (χ4n) is 0.214. The molecule has 0 heterocycles. The first-order chi connectivity index (χ1) is 3.72. The number of rotatable bonds is 3. The van der Waals surface area contributed by atoms with Crippen LogP contribution in [0.2, 0.25) is 0 Å². The Labute approximate surface area is 58.7 Å². The van der Waals surface area contributed by atoms with Crippen LogP contribution < -0.4 is 0 Å². The Hall–Kier alpha value is 0.500. The van der Waals surface area contributed by atoms with Crippen molar-refractivity contribution in [1.29, 1.82) is 0 Å². The van der Waals surface area contributed by atoms with E-state index < -0.39 is 11.1 Å². The third kappa shape index (κ3) is 2.72. The first kappa shape index (κ1) is 8.50. The van der Waals surface area contributed by atoms with E-state index in [1.54, 1.807) is 0 Å². The van der Waals surface area contributed by atoms with Crippen molar-refractivity contribution in [2.45, 2.75) is 11.1 Å². The smallest absolute Gasteiger partial charge is 0.170 e. The van der Waals surface area contributed by atoms with Gasteiger partial charge < -0.3 is 9.47 Å². The quantitative estimate of drug-likeness (QED) is 0.579. The summed E-state index contributed by atoms with van der Waals surface area (Å²) >= 11 is 10.9. The summed E-state index contributed by atoms with van der Waals surface area (Å²) in [5.41, 5.74) is -1.14. The van der Waals surface area contributed by atoms with Crippen LogP contribution in [0.3, 0.4) is 0 Å². The predicted octanol–water partition coefficient (Wildman–Crippen LogP) is 1.41. The molecule has 0 aliphatic heterocycles. The molecule has 0 radical (unpaired) electrons. The summed E-state index contributed by atoms with van der Waals surface area (Å²) in [6, 6.07) is 0. The summed E-state index contributed by atoms with van der Waals surface area (Å²) < 4.78 is 9.22. The molecule has 0 fully saturated rings. The van der Waals surface area contributed by atoms with E-state index in [4.69, 9.17) is 23.2 Å². The number of hydrogen-bond donors (Lipinski definition) is 0. The first-order valence-electron chi connectivity index (χ1n) is 2.06. The standard InChI is InChI=1S/C4H8Cl2O2/c1-7-3(5)4(6)8-2/h3-4H,1-2H3/t3-,4-/m1/s1. The van der Waals surface area contributed by atoms with E-state index in [0.29, 0.717) is 0 Å². The van der Waals surface area contributed by atoms with Gasteiger partial charge in [0.05, 0.1) is 0 Å². The highest BCUT2D eigenvalue weighted by Crippen LogP contribution is 2.09. The lowest BCUT2D eigenvalue weighted by atomic mass is 10.7. The largest absolute Gasteiger partial charge is 0.362 e. The maximum Gasteiger partial charge on any atom is 0.170 e. The lowest BCUT2D eigenvalue weighted by molar-refractivity contribution is 0.0521. The van der Waals surface area contributed by atoms with Gasteiger partial charge in [-0.25, -0.2) is 0 Å². The molecule has 8 heavy (non-hydrogen) atoms. The Morgan fingerprint density at radius 2 is 1.25 bits per heavy atom. The monoisotopic (exact) mass is 158 g/mol. The van der Waals surface area contributed by atoms with Gasteiger partial charge in [-0.3, -0.25) is 0 Å². The summed E-state index contributed by atoms with van der Waals surface area (Å²) in [4.78, 5) is 0. The van der Waals surface area contributed by atoms with Crippen molar-refractivity contribution < 1.29 is 9.47 Å². The molecule has 2 nitrogen and oxygen atoms in total. The molecule has 0 unspecified atom stereocenters. The zero-order valence-electron chi connectivity index (χ0n) is 4.73. The normalized spacial score (nSPS) is 18.0. The van der Waals surface area contributed by atoms with Gasteiger partial charge in [-0.05, 0) is 0 Å². The zero-order valence-corrected chi connectivity index (χ0v) is 6.24. The fourth-order valence-corrected chi connectivity index (χ4v) is 0.420. The molecule has 0 aliphatic carbocycles. The van der Waals surface area contributed by atoms with Crippen LogP contribution in [0, 0.1) is 0 Å². The van der Waals surface area contributed by atoms with Crippen LogP contribution >= 0.6 is 23.2 Å². The summed E-state index contributed by atoms with van der Waals surface area (Å²) in [6.45, 7) is 0. The number of hydrogen-bond acceptors (Lipinski definition) is 2. The molecule has 0 amide bonds. The Morgan fingerprint density at radius 1 is 1.00 bits per heavy atom. The Balaban J connectivity index is 3.29. The van der Waals surface area contributed by atoms with Crippen molar-refractivity contribution in [3.8, 4) is 0 Å². The van der Waals surface area contributed by atoms with Gasteiger partial charge in [-0.1, -0.05) is 23.2 Å². The zero-order chi connectivity index (χ0) is 6.57. The van der Waals surface area contributed by atoms with Gasteiger partial charge in [0.25, 0.3) is 0 Å². The fraction of sp³-hybridized carbons (Fsp3) is 1.00. The van der Waals surface area contributed by atoms with Crippen LogP contribution in [0.15, 0.2) is 0 Å². The van der Waals surface area contributed by atoms with Gasteiger partial charge in [-0.15, -0.1) is 0 Å². The molecule has 2 atom stereocenters. The predicted molar refractivity (Wildman–Crippen MR) is 33.3 cm³/mol. The van der Waals surface area contributed by atoms with Crippen molar-refractivity contribution in [2.24, 2.45) is 0 Å². The van der Waals surface area contributed by atoms with E-state index in [0.717, 1.165) is 0 Å². The van der Waals surface area contributed by atoms with Crippen molar-refractivity contribution in [1.82, 2.24) is 0 Å². The lowest BCUT2D eigenvalue weighted by Crippen LogP contribution is -2.18. The molecular weight excluding hydrogens is 151 g/mol. The third-order valence-electron chi connectivity index (χ3n) is 0.656. The molecule has 0 saturated carbocycles. The number of methoxy groups -OCH3 is 2. The minimum atomic E-state index is -0.568. The highest BCUT2D eigenvalue weighted by Gasteiger charge is 2.13. The topological polar surface area (TPSA) is 18.5 Å². The number of ether oxygens (including phenoxy) is 2. The molecule has 0 bridgehead atoms. The molecule has 0 spiro atoms. The second-order valence-electron chi connectivity index (χ2n) is 1.17. The van der Waals surface area contributed by atoms with Gasteiger partial charge in [-0.2, -0.15) is 0 Å². The molecule has 0 aromatic rings. The van der Waals surface area contributed by atoms with Crippen molar-refractivity contribution in [2.75, 3.05) is 14.2 Å². The molecule has 0 aromatic carbocycles. The molecule has 0 rings (SSSR count). The summed E-state index contributed by atoms with van der Waals surface area (Å²) in [5.74, 6) is 0. The molecule has 0 N–H and O–H groups in total. The maximum atomic E-state index is 5.44.